The molecule has 0 atom stereocenters. The molecule has 5 heteroatoms. The molecular formula is C20H24N2O3. The van der Waals surface area contributed by atoms with Gasteiger partial charge in [-0.25, -0.2) is 0 Å². The Labute approximate surface area is 148 Å². The summed E-state index contributed by atoms with van der Waals surface area (Å²) in [4.78, 5) is 24.4. The van der Waals surface area contributed by atoms with Crippen molar-refractivity contribution in [2.24, 2.45) is 0 Å². The van der Waals surface area contributed by atoms with E-state index in [1.165, 1.54) is 0 Å². The lowest BCUT2D eigenvalue weighted by atomic mass is 10.1. The van der Waals surface area contributed by atoms with Crippen LogP contribution < -0.4 is 15.4 Å². The van der Waals surface area contributed by atoms with Crippen LogP contribution in [0.3, 0.4) is 0 Å². The summed E-state index contributed by atoms with van der Waals surface area (Å²) in [7, 11) is 0. The Morgan fingerprint density at radius 2 is 1.56 bits per heavy atom. The monoisotopic (exact) mass is 340 g/mol. The van der Waals surface area contributed by atoms with Gasteiger partial charge in [-0.15, -0.1) is 0 Å². The maximum Gasteiger partial charge on any atom is 0.255 e. The molecule has 0 saturated heterocycles. The molecule has 0 spiro atoms. The molecule has 2 amide bonds. The molecule has 0 aliphatic heterocycles. The number of benzene rings is 2. The Morgan fingerprint density at radius 3 is 2.20 bits per heavy atom. The lowest BCUT2D eigenvalue weighted by Crippen LogP contribution is -2.24. The second-order valence-electron chi connectivity index (χ2n) is 5.57. The summed E-state index contributed by atoms with van der Waals surface area (Å²) in [5, 5.41) is 5.69. The van der Waals surface area contributed by atoms with Gasteiger partial charge in [-0.1, -0.05) is 25.5 Å². The number of hydrogen-bond donors (Lipinski definition) is 2. The maximum atomic E-state index is 12.4. The Bertz CT molecular complexity index is 711. The first-order valence-corrected chi connectivity index (χ1v) is 8.57. The van der Waals surface area contributed by atoms with Gasteiger partial charge in [0.05, 0.1) is 12.3 Å². The van der Waals surface area contributed by atoms with Crippen LogP contribution >= 0.6 is 0 Å². The fourth-order valence-corrected chi connectivity index (χ4v) is 2.30. The van der Waals surface area contributed by atoms with Crippen LogP contribution in [0.1, 0.15) is 47.4 Å². The first-order chi connectivity index (χ1) is 12.2. The van der Waals surface area contributed by atoms with Crippen molar-refractivity contribution < 1.29 is 14.3 Å². The highest BCUT2D eigenvalue weighted by Crippen LogP contribution is 2.24. The predicted molar refractivity (Wildman–Crippen MR) is 99.2 cm³/mol. The second kappa shape index (κ2) is 9.47. The molecule has 0 heterocycles. The molecule has 5 nitrogen and oxygen atoms in total. The van der Waals surface area contributed by atoms with E-state index in [2.05, 4.69) is 17.6 Å². The SMILES string of the molecule is CCCCNC(=O)c1ccc(C(=O)Nc2ccccc2OCC)cc1. The summed E-state index contributed by atoms with van der Waals surface area (Å²) < 4.78 is 5.50. The average Bonchev–Trinajstić information content (AvgIpc) is 2.64. The molecule has 0 fully saturated rings. The van der Waals surface area contributed by atoms with E-state index in [9.17, 15) is 9.59 Å². The highest BCUT2D eigenvalue weighted by Gasteiger charge is 2.11. The van der Waals surface area contributed by atoms with Crippen LogP contribution in [0.2, 0.25) is 0 Å². The van der Waals surface area contributed by atoms with Crippen molar-refractivity contribution in [2.45, 2.75) is 26.7 Å². The van der Waals surface area contributed by atoms with E-state index < -0.39 is 0 Å². The number of hydrogen-bond acceptors (Lipinski definition) is 3. The number of amides is 2. The molecule has 0 saturated carbocycles. The van der Waals surface area contributed by atoms with Gasteiger partial charge >= 0.3 is 0 Å². The van der Waals surface area contributed by atoms with E-state index in [0.29, 0.717) is 35.7 Å². The van der Waals surface area contributed by atoms with Crippen molar-refractivity contribution in [3.63, 3.8) is 0 Å². The number of anilines is 1. The third-order valence-corrected chi connectivity index (χ3v) is 3.66. The third-order valence-electron chi connectivity index (χ3n) is 3.66. The van der Waals surface area contributed by atoms with Crippen LogP contribution in [-0.4, -0.2) is 25.0 Å². The molecule has 132 valence electrons. The minimum absolute atomic E-state index is 0.123. The van der Waals surface area contributed by atoms with Gasteiger partial charge < -0.3 is 15.4 Å². The minimum atomic E-state index is -0.245. The lowest BCUT2D eigenvalue weighted by molar-refractivity contribution is 0.0951. The van der Waals surface area contributed by atoms with Crippen LogP contribution in [0, 0.1) is 0 Å². The fourth-order valence-electron chi connectivity index (χ4n) is 2.30. The van der Waals surface area contributed by atoms with Gasteiger partial charge in [-0.2, -0.15) is 0 Å². The van der Waals surface area contributed by atoms with E-state index in [1.54, 1.807) is 30.3 Å². The lowest BCUT2D eigenvalue weighted by Gasteiger charge is -2.11. The third kappa shape index (κ3) is 5.35. The highest BCUT2D eigenvalue weighted by atomic mass is 16.5. The largest absolute Gasteiger partial charge is 0.492 e. The topological polar surface area (TPSA) is 67.4 Å². The zero-order valence-corrected chi connectivity index (χ0v) is 14.7. The number of ether oxygens (including phenoxy) is 1. The number of carbonyl (C=O) groups is 2. The van der Waals surface area contributed by atoms with E-state index in [-0.39, 0.29) is 11.8 Å². The van der Waals surface area contributed by atoms with Gasteiger partial charge in [0.15, 0.2) is 0 Å². The number of nitrogens with one attached hydrogen (secondary N) is 2. The molecule has 0 aliphatic rings. The van der Waals surface area contributed by atoms with Crippen molar-refractivity contribution >= 4 is 17.5 Å². The predicted octanol–water partition coefficient (Wildman–Crippen LogP) is 3.87. The summed E-state index contributed by atoms with van der Waals surface area (Å²) in [5.74, 6) is 0.262. The first kappa shape index (κ1) is 18.5. The standard InChI is InChI=1S/C20H24N2O3/c1-3-5-14-21-19(23)15-10-12-16(13-11-15)20(24)22-17-8-6-7-9-18(17)25-4-2/h6-13H,3-5,14H2,1-2H3,(H,21,23)(H,22,24). The summed E-state index contributed by atoms with van der Waals surface area (Å²) >= 11 is 0. The Hall–Kier alpha value is -2.82. The number of unbranched alkanes of at least 4 members (excludes halogenated alkanes) is 1. The van der Waals surface area contributed by atoms with Gasteiger partial charge in [-0.3, -0.25) is 9.59 Å². The van der Waals surface area contributed by atoms with E-state index >= 15 is 0 Å². The highest BCUT2D eigenvalue weighted by molar-refractivity contribution is 6.05. The van der Waals surface area contributed by atoms with Crippen LogP contribution in [0.4, 0.5) is 5.69 Å². The van der Waals surface area contributed by atoms with Gasteiger partial charge in [0.2, 0.25) is 0 Å². The Morgan fingerprint density at radius 1 is 0.920 bits per heavy atom. The van der Waals surface area contributed by atoms with Gasteiger partial charge in [0.25, 0.3) is 11.8 Å². The smallest absolute Gasteiger partial charge is 0.255 e. The molecule has 2 aromatic carbocycles. The van der Waals surface area contributed by atoms with Crippen molar-refractivity contribution in [3.05, 3.63) is 59.7 Å². The normalized spacial score (nSPS) is 10.2. The van der Waals surface area contributed by atoms with E-state index in [4.69, 9.17) is 4.74 Å². The molecule has 2 rings (SSSR count). The molecule has 2 N–H and O–H groups in total. The van der Waals surface area contributed by atoms with Crippen molar-refractivity contribution in [1.29, 1.82) is 0 Å². The maximum absolute atomic E-state index is 12.4. The zero-order chi connectivity index (χ0) is 18.1. The molecular weight excluding hydrogens is 316 g/mol. The van der Waals surface area contributed by atoms with Crippen LogP contribution in [0.25, 0.3) is 0 Å². The molecule has 0 radical (unpaired) electrons. The van der Waals surface area contributed by atoms with Gasteiger partial charge in [0, 0.05) is 17.7 Å². The van der Waals surface area contributed by atoms with Gasteiger partial charge in [-0.05, 0) is 49.7 Å². The summed E-state index contributed by atoms with van der Waals surface area (Å²) in [6.45, 7) is 5.15. The number of rotatable bonds is 8. The Balaban J connectivity index is 2.02. The molecule has 0 aromatic heterocycles. The first-order valence-electron chi connectivity index (χ1n) is 8.57. The molecule has 0 aliphatic carbocycles. The van der Waals surface area contributed by atoms with Crippen LogP contribution in [0.5, 0.6) is 5.75 Å². The quantitative estimate of drug-likeness (QED) is 0.717. The second-order valence-corrected chi connectivity index (χ2v) is 5.57. The van der Waals surface area contributed by atoms with E-state index in [1.807, 2.05) is 25.1 Å². The van der Waals surface area contributed by atoms with Crippen molar-refractivity contribution in [3.8, 4) is 5.75 Å². The molecule has 25 heavy (non-hydrogen) atoms. The number of para-hydroxylation sites is 2. The Kier molecular flexibility index (Phi) is 7.01. The number of carbonyl (C=O) groups excluding carboxylic acids is 2. The molecule has 0 unspecified atom stereocenters. The van der Waals surface area contributed by atoms with Crippen LogP contribution in [0.15, 0.2) is 48.5 Å². The van der Waals surface area contributed by atoms with Crippen molar-refractivity contribution in [1.82, 2.24) is 5.32 Å². The van der Waals surface area contributed by atoms with E-state index in [0.717, 1.165) is 12.8 Å². The van der Waals surface area contributed by atoms with Crippen molar-refractivity contribution in [2.75, 3.05) is 18.5 Å². The molecule has 0 bridgehead atoms. The zero-order valence-electron chi connectivity index (χ0n) is 14.7. The van der Waals surface area contributed by atoms with Crippen LogP contribution in [-0.2, 0) is 0 Å². The van der Waals surface area contributed by atoms with Gasteiger partial charge in [0.1, 0.15) is 5.75 Å². The summed E-state index contributed by atoms with van der Waals surface area (Å²) in [5.41, 5.74) is 1.65. The fraction of sp³-hybridized carbons (Fsp3) is 0.300. The molecule has 2 aromatic rings. The average molecular weight is 340 g/mol. The summed E-state index contributed by atoms with van der Waals surface area (Å²) in [6.07, 6.45) is 1.98. The summed E-state index contributed by atoms with van der Waals surface area (Å²) in [6, 6.07) is 13.9. The minimum Gasteiger partial charge on any atom is -0.492 e.